The molecule has 0 aliphatic rings. The van der Waals surface area contributed by atoms with Crippen molar-refractivity contribution in [1.82, 2.24) is 5.43 Å². The van der Waals surface area contributed by atoms with Crippen LogP contribution in [0.5, 0.6) is 11.5 Å². The van der Waals surface area contributed by atoms with Crippen molar-refractivity contribution in [2.24, 2.45) is 5.10 Å². The molecule has 2 rings (SSSR count). The molecule has 0 unspecified atom stereocenters. The molecule has 6 heteroatoms. The van der Waals surface area contributed by atoms with E-state index < -0.39 is 0 Å². The number of benzene rings is 2. The fourth-order valence-corrected chi connectivity index (χ4v) is 2.36. The second-order valence-corrected chi connectivity index (χ2v) is 5.66. The van der Waals surface area contributed by atoms with E-state index in [1.807, 2.05) is 39.0 Å². The van der Waals surface area contributed by atoms with Gasteiger partial charge in [-0.05, 0) is 67.9 Å². The van der Waals surface area contributed by atoms with Crippen molar-refractivity contribution < 1.29 is 9.84 Å². The first-order valence-corrected chi connectivity index (χ1v) is 8.04. The Hall–Kier alpha value is -2.60. The summed E-state index contributed by atoms with van der Waals surface area (Å²) in [6.45, 7) is 6.38. The molecule has 0 aliphatic carbocycles. The number of aryl methyl sites for hydroxylation is 2. The molecule has 0 saturated heterocycles. The van der Waals surface area contributed by atoms with Gasteiger partial charge in [-0.2, -0.15) is 5.10 Å². The van der Waals surface area contributed by atoms with E-state index in [1.165, 1.54) is 0 Å². The minimum atomic E-state index is 0.106. The summed E-state index contributed by atoms with van der Waals surface area (Å²) < 4.78 is 5.34. The molecule has 5 nitrogen and oxygen atoms in total. The predicted octanol–water partition coefficient (Wildman–Crippen LogP) is 3.73. The maximum Gasteiger partial charge on any atom is 0.191 e. The zero-order valence-corrected chi connectivity index (χ0v) is 14.8. The van der Waals surface area contributed by atoms with Gasteiger partial charge in [-0.15, -0.1) is 0 Å². The monoisotopic (exact) mass is 343 g/mol. The van der Waals surface area contributed by atoms with Gasteiger partial charge in [0.25, 0.3) is 0 Å². The fourth-order valence-electron chi connectivity index (χ4n) is 2.20. The third kappa shape index (κ3) is 4.70. The number of thiocarbonyl (C=S) groups is 1. The number of phenols is 1. The Morgan fingerprint density at radius 1 is 1.25 bits per heavy atom. The highest BCUT2D eigenvalue weighted by Crippen LogP contribution is 2.26. The van der Waals surface area contributed by atoms with Crippen LogP contribution in [0.4, 0.5) is 5.69 Å². The number of para-hydroxylation sites is 1. The minimum Gasteiger partial charge on any atom is -0.504 e. The topological polar surface area (TPSA) is 65.9 Å². The summed E-state index contributed by atoms with van der Waals surface area (Å²) in [7, 11) is 0. The average molecular weight is 343 g/mol. The van der Waals surface area contributed by atoms with Crippen LogP contribution in [-0.4, -0.2) is 23.0 Å². The molecular weight excluding hydrogens is 322 g/mol. The van der Waals surface area contributed by atoms with E-state index >= 15 is 0 Å². The van der Waals surface area contributed by atoms with Gasteiger partial charge in [0, 0.05) is 5.69 Å². The van der Waals surface area contributed by atoms with Crippen molar-refractivity contribution in [2.75, 3.05) is 11.9 Å². The van der Waals surface area contributed by atoms with E-state index in [4.69, 9.17) is 17.0 Å². The molecule has 0 spiro atoms. The third-order valence-electron chi connectivity index (χ3n) is 3.38. The molecule has 0 aromatic heterocycles. The Labute approximate surface area is 147 Å². The van der Waals surface area contributed by atoms with Crippen molar-refractivity contribution >= 4 is 29.2 Å². The number of hydrogen-bond donors (Lipinski definition) is 3. The summed E-state index contributed by atoms with van der Waals surface area (Å²) >= 11 is 5.26. The molecule has 2 aromatic carbocycles. The average Bonchev–Trinajstić information content (AvgIpc) is 2.54. The van der Waals surface area contributed by atoms with Crippen LogP contribution < -0.4 is 15.5 Å². The van der Waals surface area contributed by atoms with Crippen LogP contribution in [0.15, 0.2) is 41.5 Å². The summed E-state index contributed by atoms with van der Waals surface area (Å²) in [4.78, 5) is 0. The Morgan fingerprint density at radius 3 is 2.62 bits per heavy atom. The zero-order valence-electron chi connectivity index (χ0n) is 14.0. The van der Waals surface area contributed by atoms with Crippen LogP contribution in [0.25, 0.3) is 0 Å². The standard InChI is InChI=1S/C18H21N3O2S/c1-4-23-16-10-14(8-9-15(16)22)11-19-21-18(24)20-17-12(2)6-5-7-13(17)3/h5-11,22H,4H2,1-3H3,(H2,20,21,24)/b19-11-. The van der Waals surface area contributed by atoms with Crippen LogP contribution in [0, 0.1) is 13.8 Å². The third-order valence-corrected chi connectivity index (χ3v) is 3.58. The molecule has 0 heterocycles. The lowest BCUT2D eigenvalue weighted by Crippen LogP contribution is -2.24. The number of hydrogen-bond acceptors (Lipinski definition) is 4. The summed E-state index contributed by atoms with van der Waals surface area (Å²) in [6.07, 6.45) is 1.61. The van der Waals surface area contributed by atoms with Gasteiger partial charge >= 0.3 is 0 Å². The summed E-state index contributed by atoms with van der Waals surface area (Å²) in [6, 6.07) is 11.1. The molecule has 0 amide bonds. The highest BCUT2D eigenvalue weighted by atomic mass is 32.1. The van der Waals surface area contributed by atoms with Crippen LogP contribution in [0.3, 0.4) is 0 Å². The van der Waals surface area contributed by atoms with E-state index in [-0.39, 0.29) is 5.75 Å². The van der Waals surface area contributed by atoms with Gasteiger partial charge < -0.3 is 15.2 Å². The Bertz CT molecular complexity index is 740. The largest absolute Gasteiger partial charge is 0.504 e. The Morgan fingerprint density at radius 2 is 1.96 bits per heavy atom. The summed E-state index contributed by atoms with van der Waals surface area (Å²) in [5, 5.41) is 17.3. The first-order chi connectivity index (χ1) is 11.5. The fraction of sp³-hybridized carbons (Fsp3) is 0.222. The van der Waals surface area contributed by atoms with Crippen LogP contribution in [0.1, 0.15) is 23.6 Å². The molecule has 24 heavy (non-hydrogen) atoms. The molecule has 0 aliphatic heterocycles. The molecule has 0 saturated carbocycles. The summed E-state index contributed by atoms with van der Waals surface area (Å²) in [5.41, 5.74) is 6.78. The van der Waals surface area contributed by atoms with Gasteiger partial charge in [0.2, 0.25) is 0 Å². The molecule has 3 N–H and O–H groups in total. The molecular formula is C18H21N3O2S. The smallest absolute Gasteiger partial charge is 0.191 e. The number of anilines is 1. The lowest BCUT2D eigenvalue weighted by atomic mass is 10.1. The van der Waals surface area contributed by atoms with Gasteiger partial charge in [-0.3, -0.25) is 5.43 Å². The first-order valence-electron chi connectivity index (χ1n) is 7.63. The van der Waals surface area contributed by atoms with Gasteiger partial charge in [0.15, 0.2) is 16.6 Å². The number of phenolic OH excluding ortho intramolecular Hbond substituents is 1. The molecule has 0 bridgehead atoms. The van der Waals surface area contributed by atoms with Crippen molar-refractivity contribution in [3.05, 3.63) is 53.1 Å². The van der Waals surface area contributed by atoms with Crippen molar-refractivity contribution in [2.45, 2.75) is 20.8 Å². The van der Waals surface area contributed by atoms with Crippen molar-refractivity contribution in [1.29, 1.82) is 0 Å². The second kappa shape index (κ2) is 8.31. The predicted molar refractivity (Wildman–Crippen MR) is 102 cm³/mol. The van der Waals surface area contributed by atoms with Crippen LogP contribution >= 0.6 is 12.2 Å². The lowest BCUT2D eigenvalue weighted by Gasteiger charge is -2.12. The summed E-state index contributed by atoms with van der Waals surface area (Å²) in [5.74, 6) is 0.534. The maximum atomic E-state index is 9.68. The normalized spacial score (nSPS) is 10.6. The molecule has 0 radical (unpaired) electrons. The number of rotatable bonds is 5. The number of hydrazone groups is 1. The van der Waals surface area contributed by atoms with E-state index in [9.17, 15) is 5.11 Å². The van der Waals surface area contributed by atoms with E-state index in [1.54, 1.807) is 24.4 Å². The van der Waals surface area contributed by atoms with E-state index in [2.05, 4.69) is 15.8 Å². The first kappa shape index (κ1) is 17.7. The Kier molecular flexibility index (Phi) is 6.14. The SMILES string of the molecule is CCOc1cc(/C=N\NC(=S)Nc2c(C)cccc2C)ccc1O. The number of ether oxygens (including phenoxy) is 1. The maximum absolute atomic E-state index is 9.68. The quantitative estimate of drug-likeness (QED) is 0.439. The second-order valence-electron chi connectivity index (χ2n) is 5.25. The van der Waals surface area contributed by atoms with Gasteiger partial charge in [0.1, 0.15) is 0 Å². The molecule has 0 atom stereocenters. The number of aromatic hydroxyl groups is 1. The minimum absolute atomic E-state index is 0.106. The molecule has 2 aromatic rings. The van der Waals surface area contributed by atoms with Crippen molar-refractivity contribution in [3.8, 4) is 11.5 Å². The number of nitrogens with one attached hydrogen (secondary N) is 2. The van der Waals surface area contributed by atoms with E-state index in [0.717, 1.165) is 22.4 Å². The Balaban J connectivity index is 1.99. The molecule has 0 fully saturated rings. The highest BCUT2D eigenvalue weighted by molar-refractivity contribution is 7.80. The lowest BCUT2D eigenvalue weighted by molar-refractivity contribution is 0.318. The number of nitrogens with zero attached hydrogens (tertiary/aromatic N) is 1. The van der Waals surface area contributed by atoms with Gasteiger partial charge in [-0.1, -0.05) is 18.2 Å². The van der Waals surface area contributed by atoms with Crippen LogP contribution in [-0.2, 0) is 0 Å². The highest BCUT2D eigenvalue weighted by Gasteiger charge is 2.04. The molecule has 126 valence electrons. The zero-order chi connectivity index (χ0) is 17.5. The van der Waals surface area contributed by atoms with Gasteiger partial charge in [0.05, 0.1) is 12.8 Å². The van der Waals surface area contributed by atoms with E-state index in [0.29, 0.717) is 17.5 Å². The van der Waals surface area contributed by atoms with Gasteiger partial charge in [-0.25, -0.2) is 0 Å². The van der Waals surface area contributed by atoms with Crippen LogP contribution in [0.2, 0.25) is 0 Å². The van der Waals surface area contributed by atoms with Crippen molar-refractivity contribution in [3.63, 3.8) is 0 Å².